The van der Waals surface area contributed by atoms with Crippen LogP contribution in [-0.4, -0.2) is 55.9 Å². The van der Waals surface area contributed by atoms with Crippen LogP contribution in [0.15, 0.2) is 18.2 Å². The summed E-state index contributed by atoms with van der Waals surface area (Å²) in [5.41, 5.74) is 6.68. The predicted molar refractivity (Wildman–Crippen MR) is 79.9 cm³/mol. The summed E-state index contributed by atoms with van der Waals surface area (Å²) in [6.07, 6.45) is -0.626. The molecule has 112 valence electrons. The lowest BCUT2D eigenvalue weighted by atomic mass is 10.2. The van der Waals surface area contributed by atoms with Crippen molar-refractivity contribution in [2.75, 3.05) is 44.9 Å². The molecule has 7 heteroatoms. The number of rotatable bonds is 7. The highest BCUT2D eigenvalue weighted by molar-refractivity contribution is 6.31. The van der Waals surface area contributed by atoms with E-state index in [9.17, 15) is 9.90 Å². The lowest BCUT2D eigenvalue weighted by Crippen LogP contribution is -2.37. The van der Waals surface area contributed by atoms with E-state index in [4.69, 9.17) is 22.1 Å². The minimum absolute atomic E-state index is 0.142. The zero-order valence-electron chi connectivity index (χ0n) is 11.6. The van der Waals surface area contributed by atoms with Crippen LogP contribution >= 0.6 is 11.6 Å². The van der Waals surface area contributed by atoms with Crippen molar-refractivity contribution in [3.05, 3.63) is 23.2 Å². The van der Waals surface area contributed by atoms with Gasteiger partial charge >= 0.3 is 0 Å². The molecule has 0 heterocycles. The molecule has 1 aromatic carbocycles. The van der Waals surface area contributed by atoms with Crippen LogP contribution < -0.4 is 11.1 Å². The number of anilines is 2. The maximum Gasteiger partial charge on any atom is 0.238 e. The van der Waals surface area contributed by atoms with Gasteiger partial charge in [0.1, 0.15) is 0 Å². The molecule has 0 aliphatic heterocycles. The Bertz CT molecular complexity index is 456. The number of aliphatic hydroxyl groups is 1. The van der Waals surface area contributed by atoms with Crippen molar-refractivity contribution in [2.45, 2.75) is 6.10 Å². The van der Waals surface area contributed by atoms with Gasteiger partial charge in [0.25, 0.3) is 0 Å². The quantitative estimate of drug-likeness (QED) is 0.648. The lowest BCUT2D eigenvalue weighted by Gasteiger charge is -2.19. The van der Waals surface area contributed by atoms with Crippen LogP contribution in [0.5, 0.6) is 0 Å². The summed E-state index contributed by atoms with van der Waals surface area (Å²) in [5, 5.41) is 12.8. The summed E-state index contributed by atoms with van der Waals surface area (Å²) in [4.78, 5) is 13.5. The van der Waals surface area contributed by atoms with Gasteiger partial charge in [-0.15, -0.1) is 0 Å². The van der Waals surface area contributed by atoms with E-state index >= 15 is 0 Å². The Labute approximate surface area is 123 Å². The van der Waals surface area contributed by atoms with Crippen molar-refractivity contribution in [3.63, 3.8) is 0 Å². The standard InChI is InChI=1S/C13H20ClN3O3/c1-17(6-10(18)8-20-2)7-13(19)16-12-4-3-9(14)5-11(12)15/h3-5,10,18H,6-8,15H2,1-2H3,(H,16,19). The Morgan fingerprint density at radius 3 is 2.90 bits per heavy atom. The first-order valence-corrected chi connectivity index (χ1v) is 6.50. The highest BCUT2D eigenvalue weighted by Crippen LogP contribution is 2.22. The molecule has 0 bridgehead atoms. The topological polar surface area (TPSA) is 87.8 Å². The van der Waals surface area contributed by atoms with Gasteiger partial charge in [0.05, 0.1) is 30.6 Å². The second-order valence-corrected chi connectivity index (χ2v) is 5.02. The molecule has 1 aromatic rings. The molecule has 0 radical (unpaired) electrons. The molecule has 6 nitrogen and oxygen atoms in total. The predicted octanol–water partition coefficient (Wildman–Crippen LogP) is 0.800. The molecule has 0 saturated heterocycles. The third kappa shape index (κ3) is 5.75. The monoisotopic (exact) mass is 301 g/mol. The number of carbonyl (C=O) groups excluding carboxylic acids is 1. The average molecular weight is 302 g/mol. The Morgan fingerprint density at radius 2 is 2.30 bits per heavy atom. The van der Waals surface area contributed by atoms with Crippen molar-refractivity contribution in [2.24, 2.45) is 0 Å². The lowest BCUT2D eigenvalue weighted by molar-refractivity contribution is -0.117. The third-order valence-corrected chi connectivity index (χ3v) is 2.82. The highest BCUT2D eigenvalue weighted by atomic mass is 35.5. The fourth-order valence-electron chi connectivity index (χ4n) is 1.75. The molecular weight excluding hydrogens is 282 g/mol. The number of ether oxygens (including phenoxy) is 1. The summed E-state index contributed by atoms with van der Waals surface area (Å²) < 4.78 is 4.83. The fraction of sp³-hybridized carbons (Fsp3) is 0.462. The molecule has 20 heavy (non-hydrogen) atoms. The molecule has 0 fully saturated rings. The minimum atomic E-state index is -0.626. The van der Waals surface area contributed by atoms with Crippen LogP contribution in [-0.2, 0) is 9.53 Å². The van der Waals surface area contributed by atoms with Crippen LogP contribution in [0.1, 0.15) is 0 Å². The highest BCUT2D eigenvalue weighted by Gasteiger charge is 2.12. The zero-order chi connectivity index (χ0) is 15.1. The number of nitrogens with one attached hydrogen (secondary N) is 1. The number of aliphatic hydroxyl groups excluding tert-OH is 1. The molecule has 0 spiro atoms. The number of amides is 1. The molecule has 0 aromatic heterocycles. The Hall–Kier alpha value is -1.34. The summed E-state index contributed by atoms with van der Waals surface area (Å²) in [5.74, 6) is -0.217. The largest absolute Gasteiger partial charge is 0.397 e. The van der Waals surface area contributed by atoms with E-state index in [-0.39, 0.29) is 19.1 Å². The number of carbonyl (C=O) groups is 1. The van der Waals surface area contributed by atoms with Gasteiger partial charge in [0.15, 0.2) is 0 Å². The van der Waals surface area contributed by atoms with Crippen LogP contribution in [0.2, 0.25) is 5.02 Å². The minimum Gasteiger partial charge on any atom is -0.397 e. The third-order valence-electron chi connectivity index (χ3n) is 2.58. The van der Waals surface area contributed by atoms with Crippen LogP contribution in [0.3, 0.4) is 0 Å². The van der Waals surface area contributed by atoms with E-state index in [1.54, 1.807) is 30.1 Å². The maximum atomic E-state index is 11.8. The molecule has 0 aliphatic carbocycles. The van der Waals surface area contributed by atoms with Gasteiger partial charge in [0.2, 0.25) is 5.91 Å². The molecule has 1 rings (SSSR count). The van der Waals surface area contributed by atoms with E-state index in [0.717, 1.165) is 0 Å². The van der Waals surface area contributed by atoms with Crippen molar-refractivity contribution >= 4 is 28.9 Å². The number of methoxy groups -OCH3 is 1. The average Bonchev–Trinajstić information content (AvgIpc) is 2.32. The number of nitrogens with two attached hydrogens (primary N) is 1. The van der Waals surface area contributed by atoms with Crippen molar-refractivity contribution in [1.29, 1.82) is 0 Å². The van der Waals surface area contributed by atoms with Gasteiger partial charge in [-0.2, -0.15) is 0 Å². The molecule has 4 N–H and O–H groups in total. The Kier molecular flexibility index (Phi) is 6.74. The molecule has 0 aliphatic rings. The summed E-state index contributed by atoms with van der Waals surface area (Å²) in [6.45, 7) is 0.719. The molecule has 1 amide bonds. The summed E-state index contributed by atoms with van der Waals surface area (Å²) in [6, 6.07) is 4.87. The van der Waals surface area contributed by atoms with E-state index in [0.29, 0.717) is 22.9 Å². The van der Waals surface area contributed by atoms with E-state index in [1.807, 2.05) is 0 Å². The first-order chi connectivity index (χ1) is 9.42. The second-order valence-electron chi connectivity index (χ2n) is 4.59. The van der Waals surface area contributed by atoms with Gasteiger partial charge in [-0.05, 0) is 25.2 Å². The van der Waals surface area contributed by atoms with Gasteiger partial charge in [0, 0.05) is 18.7 Å². The number of hydrogen-bond acceptors (Lipinski definition) is 5. The van der Waals surface area contributed by atoms with Gasteiger partial charge < -0.3 is 20.9 Å². The number of likely N-dealkylation sites (N-methyl/N-ethyl adjacent to an activating group) is 1. The number of benzene rings is 1. The van der Waals surface area contributed by atoms with Crippen LogP contribution in [0, 0.1) is 0 Å². The number of hydrogen-bond donors (Lipinski definition) is 3. The Balaban J connectivity index is 2.46. The number of nitrogen functional groups attached to an aromatic ring is 1. The van der Waals surface area contributed by atoms with Crippen LogP contribution in [0.25, 0.3) is 0 Å². The fourth-order valence-corrected chi connectivity index (χ4v) is 1.93. The van der Waals surface area contributed by atoms with Crippen molar-refractivity contribution in [3.8, 4) is 0 Å². The second kappa shape index (κ2) is 8.06. The molecule has 1 unspecified atom stereocenters. The van der Waals surface area contributed by atoms with E-state index < -0.39 is 6.10 Å². The number of halogens is 1. The SMILES string of the molecule is COCC(O)CN(C)CC(=O)Nc1ccc(Cl)cc1N. The van der Waals surface area contributed by atoms with Gasteiger partial charge in [-0.1, -0.05) is 11.6 Å². The maximum absolute atomic E-state index is 11.8. The smallest absolute Gasteiger partial charge is 0.238 e. The first-order valence-electron chi connectivity index (χ1n) is 6.12. The number of nitrogens with zero attached hydrogens (tertiary/aromatic N) is 1. The van der Waals surface area contributed by atoms with Crippen molar-refractivity contribution in [1.82, 2.24) is 4.90 Å². The summed E-state index contributed by atoms with van der Waals surface area (Å²) >= 11 is 5.78. The summed E-state index contributed by atoms with van der Waals surface area (Å²) in [7, 11) is 3.25. The normalized spacial score (nSPS) is 12.4. The van der Waals surface area contributed by atoms with E-state index in [2.05, 4.69) is 5.32 Å². The van der Waals surface area contributed by atoms with Crippen molar-refractivity contribution < 1.29 is 14.6 Å². The van der Waals surface area contributed by atoms with Crippen LogP contribution in [0.4, 0.5) is 11.4 Å². The molecule has 0 saturated carbocycles. The first kappa shape index (κ1) is 16.7. The Morgan fingerprint density at radius 1 is 1.60 bits per heavy atom. The molecular formula is C13H20ClN3O3. The van der Waals surface area contributed by atoms with Gasteiger partial charge in [-0.3, -0.25) is 9.69 Å². The van der Waals surface area contributed by atoms with E-state index in [1.165, 1.54) is 7.11 Å². The molecule has 1 atom stereocenters. The zero-order valence-corrected chi connectivity index (χ0v) is 12.4. The van der Waals surface area contributed by atoms with Gasteiger partial charge in [-0.25, -0.2) is 0 Å².